The molecule has 15 heavy (non-hydrogen) atoms. The Balaban J connectivity index is 3.82. The molecule has 0 aromatic heterocycles. The molecule has 0 heterocycles. The van der Waals surface area contributed by atoms with Gasteiger partial charge in [0.1, 0.15) is 0 Å². The molecule has 0 bridgehead atoms. The predicted molar refractivity (Wildman–Crippen MR) is 69.1 cm³/mol. The molecule has 0 saturated heterocycles. The minimum Gasteiger partial charge on any atom is -0.326 e. The van der Waals surface area contributed by atoms with Gasteiger partial charge in [0, 0.05) is 11.1 Å². The van der Waals surface area contributed by atoms with Gasteiger partial charge >= 0.3 is 0 Å². The summed E-state index contributed by atoms with van der Waals surface area (Å²) < 4.78 is 0. The molecule has 3 N–H and O–H groups in total. The molecule has 0 aliphatic heterocycles. The van der Waals surface area contributed by atoms with Crippen molar-refractivity contribution >= 4 is 0 Å². The minimum atomic E-state index is -0.0189. The van der Waals surface area contributed by atoms with Gasteiger partial charge in [0.2, 0.25) is 0 Å². The van der Waals surface area contributed by atoms with Gasteiger partial charge in [-0.15, -0.1) is 0 Å². The summed E-state index contributed by atoms with van der Waals surface area (Å²) in [7, 11) is 0. The van der Waals surface area contributed by atoms with Crippen molar-refractivity contribution in [3.8, 4) is 0 Å². The molecule has 0 rings (SSSR count). The lowest BCUT2D eigenvalue weighted by Crippen LogP contribution is -2.44. The summed E-state index contributed by atoms with van der Waals surface area (Å²) in [6.45, 7) is 12.1. The monoisotopic (exact) mass is 214 g/mol. The Hall–Kier alpha value is -0.0800. The van der Waals surface area contributed by atoms with E-state index in [9.17, 15) is 0 Å². The van der Waals surface area contributed by atoms with Crippen molar-refractivity contribution in [2.75, 3.05) is 6.54 Å². The van der Waals surface area contributed by atoms with E-state index in [2.05, 4.69) is 39.9 Å². The van der Waals surface area contributed by atoms with E-state index in [4.69, 9.17) is 5.73 Å². The molecule has 0 radical (unpaired) electrons. The van der Waals surface area contributed by atoms with Gasteiger partial charge in [0.15, 0.2) is 0 Å². The maximum Gasteiger partial charge on any atom is 0.0173 e. The Labute approximate surface area is 96.0 Å². The molecule has 2 nitrogen and oxygen atoms in total. The van der Waals surface area contributed by atoms with Crippen molar-refractivity contribution in [1.29, 1.82) is 0 Å². The maximum absolute atomic E-state index is 5.96. The van der Waals surface area contributed by atoms with Crippen LogP contribution in [0.25, 0.3) is 0 Å². The summed E-state index contributed by atoms with van der Waals surface area (Å²) in [5.74, 6) is 0. The van der Waals surface area contributed by atoms with Gasteiger partial charge in [-0.05, 0) is 52.5 Å². The Bertz CT molecular complexity index is 146. The van der Waals surface area contributed by atoms with Crippen LogP contribution in [0, 0.1) is 0 Å². The molecule has 0 amide bonds. The summed E-state index contributed by atoms with van der Waals surface area (Å²) in [6, 6.07) is 0. The van der Waals surface area contributed by atoms with Gasteiger partial charge in [-0.25, -0.2) is 0 Å². The first-order valence-corrected chi connectivity index (χ1v) is 6.43. The Morgan fingerprint density at radius 3 is 1.80 bits per heavy atom. The zero-order chi connectivity index (χ0) is 11.9. The first-order valence-electron chi connectivity index (χ1n) is 6.43. The van der Waals surface area contributed by atoms with Gasteiger partial charge in [-0.1, -0.05) is 20.8 Å². The highest BCUT2D eigenvalue weighted by Crippen LogP contribution is 2.19. The molecular weight excluding hydrogens is 184 g/mol. The number of nitrogens with one attached hydrogen (secondary N) is 1. The average molecular weight is 214 g/mol. The lowest BCUT2D eigenvalue weighted by atomic mass is 9.89. The molecule has 0 aliphatic rings. The number of hydrogen-bond acceptors (Lipinski definition) is 2. The fraction of sp³-hybridized carbons (Fsp3) is 1.00. The van der Waals surface area contributed by atoms with E-state index < -0.39 is 0 Å². The summed E-state index contributed by atoms with van der Waals surface area (Å²) in [5.41, 5.74) is 6.30. The second-order valence-corrected chi connectivity index (χ2v) is 5.36. The number of rotatable bonds is 8. The van der Waals surface area contributed by atoms with Crippen molar-refractivity contribution < 1.29 is 0 Å². The molecule has 0 saturated carbocycles. The van der Waals surface area contributed by atoms with Crippen LogP contribution < -0.4 is 11.1 Å². The van der Waals surface area contributed by atoms with Crippen molar-refractivity contribution in [1.82, 2.24) is 5.32 Å². The third-order valence-corrected chi connectivity index (χ3v) is 3.53. The zero-order valence-corrected chi connectivity index (χ0v) is 11.3. The maximum atomic E-state index is 5.96. The van der Waals surface area contributed by atoms with Crippen LogP contribution in [0.15, 0.2) is 0 Å². The van der Waals surface area contributed by atoms with Gasteiger partial charge in [-0.2, -0.15) is 0 Å². The highest BCUT2D eigenvalue weighted by molar-refractivity contribution is 4.84. The molecule has 92 valence electrons. The Morgan fingerprint density at radius 1 is 1.00 bits per heavy atom. The van der Waals surface area contributed by atoms with Gasteiger partial charge < -0.3 is 11.1 Å². The largest absolute Gasteiger partial charge is 0.326 e. The SMILES string of the molecule is CCC(CC)(CC)NCCCC(C)(C)N. The van der Waals surface area contributed by atoms with Crippen molar-refractivity contribution in [3.63, 3.8) is 0 Å². The van der Waals surface area contributed by atoms with Gasteiger partial charge in [0.25, 0.3) is 0 Å². The first kappa shape index (κ1) is 14.9. The Morgan fingerprint density at radius 2 is 1.47 bits per heavy atom. The van der Waals surface area contributed by atoms with E-state index in [0.29, 0.717) is 5.54 Å². The molecule has 0 aromatic carbocycles. The van der Waals surface area contributed by atoms with E-state index in [1.54, 1.807) is 0 Å². The highest BCUT2D eigenvalue weighted by atomic mass is 15.0. The van der Waals surface area contributed by atoms with Crippen LogP contribution in [0.5, 0.6) is 0 Å². The van der Waals surface area contributed by atoms with Crippen LogP contribution in [0.2, 0.25) is 0 Å². The second-order valence-electron chi connectivity index (χ2n) is 5.36. The molecule has 0 aliphatic carbocycles. The van der Waals surface area contributed by atoms with E-state index in [0.717, 1.165) is 13.0 Å². The summed E-state index contributed by atoms with van der Waals surface area (Å²) in [5, 5.41) is 3.70. The molecule has 0 spiro atoms. The van der Waals surface area contributed by atoms with Crippen LogP contribution in [-0.2, 0) is 0 Å². The minimum absolute atomic E-state index is 0.0189. The highest BCUT2D eigenvalue weighted by Gasteiger charge is 2.22. The fourth-order valence-corrected chi connectivity index (χ4v) is 2.02. The number of nitrogens with two attached hydrogens (primary N) is 1. The fourth-order valence-electron chi connectivity index (χ4n) is 2.02. The average Bonchev–Trinajstić information content (AvgIpc) is 2.18. The normalized spacial score (nSPS) is 13.2. The van der Waals surface area contributed by atoms with Crippen molar-refractivity contribution in [3.05, 3.63) is 0 Å². The first-order chi connectivity index (χ1) is 6.89. The lowest BCUT2D eigenvalue weighted by molar-refractivity contribution is 0.284. The van der Waals surface area contributed by atoms with Gasteiger partial charge in [-0.3, -0.25) is 0 Å². The molecule has 0 aromatic rings. The molecule has 0 atom stereocenters. The summed E-state index contributed by atoms with van der Waals surface area (Å²) in [4.78, 5) is 0. The summed E-state index contributed by atoms with van der Waals surface area (Å²) in [6.07, 6.45) is 5.91. The molecular formula is C13H30N2. The third-order valence-electron chi connectivity index (χ3n) is 3.53. The second kappa shape index (κ2) is 6.49. The third kappa shape index (κ3) is 6.16. The topological polar surface area (TPSA) is 38.0 Å². The van der Waals surface area contributed by atoms with E-state index in [-0.39, 0.29) is 5.54 Å². The van der Waals surface area contributed by atoms with Crippen molar-refractivity contribution in [2.45, 2.75) is 77.8 Å². The molecule has 0 fully saturated rings. The van der Waals surface area contributed by atoms with Crippen LogP contribution in [0.4, 0.5) is 0 Å². The number of hydrogen-bond donors (Lipinski definition) is 2. The molecule has 0 unspecified atom stereocenters. The molecule has 2 heteroatoms. The van der Waals surface area contributed by atoms with Crippen LogP contribution in [-0.4, -0.2) is 17.6 Å². The van der Waals surface area contributed by atoms with Crippen molar-refractivity contribution in [2.24, 2.45) is 5.73 Å². The Kier molecular flexibility index (Phi) is 6.46. The summed E-state index contributed by atoms with van der Waals surface area (Å²) >= 11 is 0. The van der Waals surface area contributed by atoms with E-state index >= 15 is 0 Å². The predicted octanol–water partition coefficient (Wildman–Crippen LogP) is 3.06. The lowest BCUT2D eigenvalue weighted by Gasteiger charge is -2.32. The van der Waals surface area contributed by atoms with E-state index in [1.807, 2.05) is 0 Å². The van der Waals surface area contributed by atoms with Crippen LogP contribution in [0.1, 0.15) is 66.7 Å². The van der Waals surface area contributed by atoms with E-state index in [1.165, 1.54) is 25.7 Å². The van der Waals surface area contributed by atoms with Crippen LogP contribution in [0.3, 0.4) is 0 Å². The van der Waals surface area contributed by atoms with Gasteiger partial charge in [0.05, 0.1) is 0 Å². The quantitative estimate of drug-likeness (QED) is 0.609. The van der Waals surface area contributed by atoms with Crippen LogP contribution >= 0.6 is 0 Å². The zero-order valence-electron chi connectivity index (χ0n) is 11.3. The standard InChI is InChI=1S/C13H30N2/c1-6-13(7-2,8-3)15-11-9-10-12(4,5)14/h15H,6-11,14H2,1-5H3. The smallest absolute Gasteiger partial charge is 0.0173 e.